The van der Waals surface area contributed by atoms with Crippen LogP contribution in [0, 0.1) is 0 Å². The standard InChI is InChI=1S/C13H13N5/c1-9(10-2-5-15-6-3-10)18-12-4-7-16-8-11(12)17-13(18)14/h2-9H,1H3,(H2,14,17). The summed E-state index contributed by atoms with van der Waals surface area (Å²) in [6, 6.07) is 6.00. The third kappa shape index (κ3) is 1.60. The van der Waals surface area contributed by atoms with Crippen LogP contribution in [0.15, 0.2) is 43.0 Å². The molecule has 5 nitrogen and oxygen atoms in total. The second-order valence-corrected chi connectivity index (χ2v) is 4.16. The summed E-state index contributed by atoms with van der Waals surface area (Å²) in [6.07, 6.45) is 7.03. The van der Waals surface area contributed by atoms with E-state index in [1.807, 2.05) is 22.8 Å². The summed E-state index contributed by atoms with van der Waals surface area (Å²) in [4.78, 5) is 12.4. The van der Waals surface area contributed by atoms with E-state index in [1.165, 1.54) is 0 Å². The number of pyridine rings is 2. The summed E-state index contributed by atoms with van der Waals surface area (Å²) in [6.45, 7) is 2.09. The first-order valence-corrected chi connectivity index (χ1v) is 5.74. The van der Waals surface area contributed by atoms with E-state index in [0.29, 0.717) is 5.95 Å². The molecule has 0 aliphatic heterocycles. The van der Waals surface area contributed by atoms with E-state index in [2.05, 4.69) is 21.9 Å². The van der Waals surface area contributed by atoms with Crippen LogP contribution in [0.1, 0.15) is 18.5 Å². The molecule has 1 unspecified atom stereocenters. The van der Waals surface area contributed by atoms with E-state index >= 15 is 0 Å². The third-order valence-corrected chi connectivity index (χ3v) is 3.09. The Morgan fingerprint density at radius 2 is 1.83 bits per heavy atom. The van der Waals surface area contributed by atoms with Crippen molar-refractivity contribution in [1.82, 2.24) is 19.5 Å². The Bertz CT molecular complexity index is 674. The van der Waals surface area contributed by atoms with Gasteiger partial charge in [-0.2, -0.15) is 0 Å². The van der Waals surface area contributed by atoms with E-state index in [1.54, 1.807) is 24.8 Å². The van der Waals surface area contributed by atoms with Crippen molar-refractivity contribution < 1.29 is 0 Å². The van der Waals surface area contributed by atoms with Gasteiger partial charge < -0.3 is 10.3 Å². The number of hydrogen-bond acceptors (Lipinski definition) is 4. The fraction of sp³-hybridized carbons (Fsp3) is 0.154. The Balaban J connectivity index is 2.17. The quantitative estimate of drug-likeness (QED) is 0.742. The minimum Gasteiger partial charge on any atom is -0.369 e. The van der Waals surface area contributed by atoms with E-state index in [0.717, 1.165) is 16.6 Å². The van der Waals surface area contributed by atoms with Crippen LogP contribution in [-0.4, -0.2) is 19.5 Å². The maximum atomic E-state index is 6.00. The highest BCUT2D eigenvalue weighted by Gasteiger charge is 2.15. The Morgan fingerprint density at radius 3 is 2.61 bits per heavy atom. The zero-order chi connectivity index (χ0) is 12.5. The molecular formula is C13H13N5. The lowest BCUT2D eigenvalue weighted by atomic mass is 10.1. The molecule has 0 radical (unpaired) electrons. The lowest BCUT2D eigenvalue weighted by Gasteiger charge is -2.16. The third-order valence-electron chi connectivity index (χ3n) is 3.09. The normalized spacial score (nSPS) is 12.7. The Kier molecular flexibility index (Phi) is 2.44. The molecule has 0 spiro atoms. The van der Waals surface area contributed by atoms with Crippen molar-refractivity contribution in [2.24, 2.45) is 0 Å². The molecule has 0 saturated heterocycles. The Morgan fingerprint density at radius 1 is 1.11 bits per heavy atom. The molecule has 3 aromatic rings. The van der Waals surface area contributed by atoms with Gasteiger partial charge in [0.25, 0.3) is 0 Å². The second-order valence-electron chi connectivity index (χ2n) is 4.16. The second kappa shape index (κ2) is 4.10. The molecule has 3 rings (SSSR count). The van der Waals surface area contributed by atoms with E-state index < -0.39 is 0 Å². The van der Waals surface area contributed by atoms with Crippen molar-refractivity contribution in [2.45, 2.75) is 13.0 Å². The van der Waals surface area contributed by atoms with Crippen LogP contribution in [0.4, 0.5) is 5.95 Å². The molecule has 3 heterocycles. The minimum absolute atomic E-state index is 0.111. The van der Waals surface area contributed by atoms with Crippen molar-refractivity contribution >= 4 is 17.0 Å². The lowest BCUT2D eigenvalue weighted by Crippen LogP contribution is -2.10. The number of nitrogen functional groups attached to an aromatic ring is 1. The van der Waals surface area contributed by atoms with E-state index in [9.17, 15) is 0 Å². The molecule has 5 heteroatoms. The number of aromatic nitrogens is 4. The van der Waals surface area contributed by atoms with Crippen LogP contribution < -0.4 is 5.73 Å². The van der Waals surface area contributed by atoms with Crippen molar-refractivity contribution in [1.29, 1.82) is 0 Å². The van der Waals surface area contributed by atoms with Gasteiger partial charge in [0, 0.05) is 18.6 Å². The first-order chi connectivity index (χ1) is 8.77. The molecule has 0 aliphatic rings. The van der Waals surface area contributed by atoms with Crippen LogP contribution in [-0.2, 0) is 0 Å². The molecular weight excluding hydrogens is 226 g/mol. The molecule has 0 amide bonds. The van der Waals surface area contributed by atoms with Gasteiger partial charge in [-0.15, -0.1) is 0 Å². The van der Waals surface area contributed by atoms with Gasteiger partial charge >= 0.3 is 0 Å². The van der Waals surface area contributed by atoms with Crippen LogP contribution in [0.3, 0.4) is 0 Å². The topological polar surface area (TPSA) is 69.6 Å². The highest BCUT2D eigenvalue weighted by atomic mass is 15.2. The average Bonchev–Trinajstić information content (AvgIpc) is 2.75. The summed E-state index contributed by atoms with van der Waals surface area (Å²) in [7, 11) is 0. The van der Waals surface area contributed by atoms with Crippen molar-refractivity contribution in [3.63, 3.8) is 0 Å². The number of hydrogen-bond donors (Lipinski definition) is 1. The molecule has 0 bridgehead atoms. The highest BCUT2D eigenvalue weighted by Crippen LogP contribution is 2.26. The number of imidazole rings is 1. The van der Waals surface area contributed by atoms with E-state index in [-0.39, 0.29) is 6.04 Å². The zero-order valence-corrected chi connectivity index (χ0v) is 9.99. The van der Waals surface area contributed by atoms with Crippen LogP contribution in [0.5, 0.6) is 0 Å². The molecule has 2 N–H and O–H groups in total. The average molecular weight is 239 g/mol. The van der Waals surface area contributed by atoms with Gasteiger partial charge in [-0.05, 0) is 30.7 Å². The van der Waals surface area contributed by atoms with Gasteiger partial charge in [-0.3, -0.25) is 9.97 Å². The van der Waals surface area contributed by atoms with Gasteiger partial charge in [-0.1, -0.05) is 0 Å². The fourth-order valence-corrected chi connectivity index (χ4v) is 2.17. The predicted octanol–water partition coefficient (Wildman–Crippen LogP) is 2.02. The highest BCUT2D eigenvalue weighted by molar-refractivity contribution is 5.77. The Labute approximate surface area is 104 Å². The first-order valence-electron chi connectivity index (χ1n) is 5.74. The maximum absolute atomic E-state index is 6.00. The number of anilines is 1. The van der Waals surface area contributed by atoms with Crippen molar-refractivity contribution in [3.05, 3.63) is 48.5 Å². The van der Waals surface area contributed by atoms with Gasteiger partial charge in [0.15, 0.2) is 0 Å². The van der Waals surface area contributed by atoms with Gasteiger partial charge in [0.1, 0.15) is 5.52 Å². The monoisotopic (exact) mass is 239 g/mol. The number of nitrogens with zero attached hydrogens (tertiary/aromatic N) is 4. The number of rotatable bonds is 2. The predicted molar refractivity (Wildman–Crippen MR) is 70.0 cm³/mol. The van der Waals surface area contributed by atoms with Crippen LogP contribution >= 0.6 is 0 Å². The van der Waals surface area contributed by atoms with Gasteiger partial charge in [-0.25, -0.2) is 4.98 Å². The summed E-state index contributed by atoms with van der Waals surface area (Å²) >= 11 is 0. The SMILES string of the molecule is CC(c1ccncc1)n1c(N)nc2cnccc21. The molecule has 90 valence electrons. The smallest absolute Gasteiger partial charge is 0.201 e. The largest absolute Gasteiger partial charge is 0.369 e. The fourth-order valence-electron chi connectivity index (χ4n) is 2.17. The maximum Gasteiger partial charge on any atom is 0.201 e. The molecule has 0 aliphatic carbocycles. The van der Waals surface area contributed by atoms with Crippen molar-refractivity contribution in [2.75, 3.05) is 5.73 Å². The van der Waals surface area contributed by atoms with Gasteiger partial charge in [0.2, 0.25) is 5.95 Å². The number of nitrogens with two attached hydrogens (primary N) is 1. The molecule has 18 heavy (non-hydrogen) atoms. The molecule has 0 saturated carbocycles. The number of fused-ring (bicyclic) bond motifs is 1. The minimum atomic E-state index is 0.111. The van der Waals surface area contributed by atoms with Crippen LogP contribution in [0.25, 0.3) is 11.0 Å². The molecule has 3 aromatic heterocycles. The molecule has 0 fully saturated rings. The summed E-state index contributed by atoms with van der Waals surface area (Å²) in [5.41, 5.74) is 8.95. The first kappa shape index (κ1) is 10.7. The summed E-state index contributed by atoms with van der Waals surface area (Å²) in [5, 5.41) is 0. The molecule has 1 atom stereocenters. The lowest BCUT2D eigenvalue weighted by molar-refractivity contribution is 0.666. The van der Waals surface area contributed by atoms with Crippen molar-refractivity contribution in [3.8, 4) is 0 Å². The Hall–Kier alpha value is -2.43. The molecule has 0 aromatic carbocycles. The summed E-state index contributed by atoms with van der Waals surface area (Å²) < 4.78 is 2.01. The van der Waals surface area contributed by atoms with E-state index in [4.69, 9.17) is 5.73 Å². The zero-order valence-electron chi connectivity index (χ0n) is 9.99. The van der Waals surface area contributed by atoms with Gasteiger partial charge in [0.05, 0.1) is 17.8 Å². The van der Waals surface area contributed by atoms with Crippen LogP contribution in [0.2, 0.25) is 0 Å². The summed E-state index contributed by atoms with van der Waals surface area (Å²) in [5.74, 6) is 0.502.